The number of nitriles is 1. The second-order valence-electron chi connectivity index (χ2n) is 6.72. The Balaban J connectivity index is 1.70. The summed E-state index contributed by atoms with van der Waals surface area (Å²) in [6.07, 6.45) is 0. The van der Waals surface area contributed by atoms with Gasteiger partial charge in [-0.2, -0.15) is 5.26 Å². The predicted molar refractivity (Wildman–Crippen MR) is 130 cm³/mol. The second-order valence-corrected chi connectivity index (χ2v) is 9.48. The van der Waals surface area contributed by atoms with E-state index in [1.54, 1.807) is 0 Å². The maximum atomic E-state index is 9.73. The first-order chi connectivity index (χ1) is 14.4. The number of nitrogens with two attached hydrogens (primary N) is 1. The summed E-state index contributed by atoms with van der Waals surface area (Å²) in [7, 11) is 0. The Kier molecular flexibility index (Phi) is 6.13. The molecule has 0 fully saturated rings. The lowest BCUT2D eigenvalue weighted by molar-refractivity contribution is 0.301. The summed E-state index contributed by atoms with van der Waals surface area (Å²) in [6, 6.07) is 13.8. The Morgan fingerprint density at radius 2 is 1.93 bits per heavy atom. The fourth-order valence-electron chi connectivity index (χ4n) is 3.35. The molecule has 6 nitrogen and oxygen atoms in total. The molecule has 2 aromatic carbocycles. The number of hydrogen-bond donors (Lipinski definition) is 2. The molecule has 3 N–H and O–H groups in total. The second kappa shape index (κ2) is 8.64. The highest BCUT2D eigenvalue weighted by molar-refractivity contribution is 14.1. The van der Waals surface area contributed by atoms with Gasteiger partial charge in [-0.3, -0.25) is 5.10 Å². The average Bonchev–Trinajstić information content (AvgIpc) is 3.07. The van der Waals surface area contributed by atoms with E-state index in [1.165, 1.54) is 0 Å². The van der Waals surface area contributed by atoms with Crippen LogP contribution in [0.4, 0.5) is 0 Å². The highest BCUT2D eigenvalue weighted by Crippen LogP contribution is 2.44. The normalized spacial score (nSPS) is 15.4. The number of fused-ring (bicyclic) bond motifs is 1. The number of ether oxygens (including phenoxy) is 2. The van der Waals surface area contributed by atoms with Crippen LogP contribution in [0.3, 0.4) is 0 Å². The predicted octanol–water partition coefficient (Wildman–Crippen LogP) is 5.38. The molecule has 0 aliphatic carbocycles. The topological polar surface area (TPSA) is 97.0 Å². The van der Waals surface area contributed by atoms with Crippen molar-refractivity contribution in [3.8, 4) is 17.7 Å². The van der Waals surface area contributed by atoms with Crippen LogP contribution in [0.15, 0.2) is 47.9 Å². The molecule has 0 unspecified atom stereocenters. The summed E-state index contributed by atoms with van der Waals surface area (Å²) in [5.41, 5.74) is 10.00. The molecule has 9 heteroatoms. The summed E-state index contributed by atoms with van der Waals surface area (Å²) >= 11 is 10.5. The zero-order valence-electron chi connectivity index (χ0n) is 15.7. The van der Waals surface area contributed by atoms with E-state index >= 15 is 0 Å². The van der Waals surface area contributed by atoms with Crippen LogP contribution in [0.2, 0.25) is 5.02 Å². The quantitative estimate of drug-likeness (QED) is 0.372. The van der Waals surface area contributed by atoms with Crippen LogP contribution in [0.1, 0.15) is 28.3 Å². The molecule has 1 aliphatic rings. The molecule has 1 atom stereocenters. The molecular formula is C21H15ClI2N4O2. The molecule has 152 valence electrons. The molecule has 0 saturated heterocycles. The van der Waals surface area contributed by atoms with E-state index in [2.05, 4.69) is 61.4 Å². The molecule has 1 aromatic heterocycles. The third-order valence-electron chi connectivity index (χ3n) is 4.78. The van der Waals surface area contributed by atoms with Crippen molar-refractivity contribution >= 4 is 56.8 Å². The number of aromatic nitrogens is 2. The fraction of sp³-hybridized carbons (Fsp3) is 0.143. The zero-order chi connectivity index (χ0) is 21.4. The van der Waals surface area contributed by atoms with Crippen molar-refractivity contribution < 1.29 is 9.47 Å². The standard InChI is InChI=1S/C21H15ClI2N4O2/c1-10-17-18(14(8-25)20(26)30-21(17)28-27-10)12-6-15(23)19(16(24)7-12)29-9-11-2-4-13(22)5-3-11/h2-7,18H,9,26H2,1H3,(H,27,28)/t18-/m0/s1. The van der Waals surface area contributed by atoms with Gasteiger partial charge < -0.3 is 15.2 Å². The molecule has 4 rings (SSSR count). The summed E-state index contributed by atoms with van der Waals surface area (Å²) in [5.74, 6) is 0.920. The molecule has 0 bridgehead atoms. The van der Waals surface area contributed by atoms with E-state index in [9.17, 15) is 5.26 Å². The number of benzene rings is 2. The first-order valence-corrected chi connectivity index (χ1v) is 11.4. The van der Waals surface area contributed by atoms with E-state index in [1.807, 2.05) is 43.3 Å². The summed E-state index contributed by atoms with van der Waals surface area (Å²) in [5, 5.41) is 17.5. The van der Waals surface area contributed by atoms with Crippen molar-refractivity contribution in [1.82, 2.24) is 10.2 Å². The van der Waals surface area contributed by atoms with E-state index in [0.29, 0.717) is 23.1 Å². The lowest BCUT2D eigenvalue weighted by Gasteiger charge is -2.24. The van der Waals surface area contributed by atoms with Crippen LogP contribution in [0, 0.1) is 25.4 Å². The molecule has 0 saturated carbocycles. The van der Waals surface area contributed by atoms with E-state index in [4.69, 9.17) is 26.8 Å². The Morgan fingerprint density at radius 3 is 2.57 bits per heavy atom. The smallest absolute Gasteiger partial charge is 0.244 e. The summed E-state index contributed by atoms with van der Waals surface area (Å²) in [4.78, 5) is 0. The molecule has 3 aromatic rings. The highest BCUT2D eigenvalue weighted by Gasteiger charge is 2.34. The van der Waals surface area contributed by atoms with Crippen molar-refractivity contribution in [3.63, 3.8) is 0 Å². The number of H-pyrrole nitrogens is 1. The SMILES string of the molecule is Cc1[nH]nc2c1[C@@H](c1cc(I)c(OCc3ccc(Cl)cc3)c(I)c1)C(C#N)=C(N)O2. The third-order valence-corrected chi connectivity index (χ3v) is 6.63. The van der Waals surface area contributed by atoms with Crippen molar-refractivity contribution in [1.29, 1.82) is 5.26 Å². The van der Waals surface area contributed by atoms with Gasteiger partial charge in [0.2, 0.25) is 11.8 Å². The number of hydrogen-bond acceptors (Lipinski definition) is 5. The Morgan fingerprint density at radius 1 is 1.27 bits per heavy atom. The van der Waals surface area contributed by atoms with Crippen molar-refractivity contribution in [2.45, 2.75) is 19.4 Å². The van der Waals surface area contributed by atoms with E-state index < -0.39 is 0 Å². The van der Waals surface area contributed by atoms with Crippen molar-refractivity contribution in [2.75, 3.05) is 0 Å². The Bertz CT molecular complexity index is 1180. The number of nitrogens with zero attached hydrogens (tertiary/aromatic N) is 2. The van der Waals surface area contributed by atoms with Crippen LogP contribution < -0.4 is 15.2 Å². The first-order valence-electron chi connectivity index (χ1n) is 8.87. The highest BCUT2D eigenvalue weighted by atomic mass is 127. The first kappa shape index (κ1) is 21.3. The lowest BCUT2D eigenvalue weighted by atomic mass is 9.84. The van der Waals surface area contributed by atoms with Gasteiger partial charge in [-0.05, 0) is 87.5 Å². The lowest BCUT2D eigenvalue weighted by Crippen LogP contribution is -2.21. The molecule has 2 heterocycles. The minimum absolute atomic E-state index is 0.0783. The minimum Gasteiger partial charge on any atom is -0.487 e. The zero-order valence-corrected chi connectivity index (χ0v) is 20.7. The number of rotatable bonds is 4. The molecular weight excluding hydrogens is 630 g/mol. The number of allylic oxidation sites excluding steroid dienone is 1. The third kappa shape index (κ3) is 3.98. The van der Waals surface area contributed by atoms with E-state index in [-0.39, 0.29) is 11.8 Å². The van der Waals surface area contributed by atoms with Crippen LogP contribution >= 0.6 is 56.8 Å². The fourth-order valence-corrected chi connectivity index (χ4v) is 5.61. The van der Waals surface area contributed by atoms with E-state index in [0.717, 1.165) is 35.3 Å². The number of halogens is 3. The van der Waals surface area contributed by atoms with Crippen LogP contribution in [0.5, 0.6) is 11.6 Å². The molecule has 0 amide bonds. The van der Waals surface area contributed by atoms with Gasteiger partial charge in [-0.15, -0.1) is 5.10 Å². The number of nitrogens with one attached hydrogen (secondary N) is 1. The van der Waals surface area contributed by atoms with Gasteiger partial charge in [0.1, 0.15) is 24.0 Å². The average molecular weight is 645 g/mol. The maximum absolute atomic E-state index is 9.73. The Labute approximate surface area is 205 Å². The van der Waals surface area contributed by atoms with Gasteiger partial charge in [0.05, 0.1) is 13.1 Å². The summed E-state index contributed by atoms with van der Waals surface area (Å²) < 4.78 is 13.5. The number of aromatic amines is 1. The Hall–Kier alpha value is -1.97. The molecule has 0 spiro atoms. The number of aryl methyl sites for hydroxylation is 1. The van der Waals surface area contributed by atoms with Gasteiger partial charge in [0.15, 0.2) is 0 Å². The van der Waals surface area contributed by atoms with Crippen molar-refractivity contribution in [3.05, 3.63) is 82.4 Å². The van der Waals surface area contributed by atoms with Crippen molar-refractivity contribution in [2.24, 2.45) is 5.73 Å². The van der Waals surface area contributed by atoms with Gasteiger partial charge in [0, 0.05) is 16.3 Å². The van der Waals surface area contributed by atoms with Gasteiger partial charge >= 0.3 is 0 Å². The van der Waals surface area contributed by atoms with Crippen LogP contribution in [0.25, 0.3) is 0 Å². The monoisotopic (exact) mass is 644 g/mol. The van der Waals surface area contributed by atoms with Gasteiger partial charge in [0.25, 0.3) is 0 Å². The van der Waals surface area contributed by atoms with Gasteiger partial charge in [-0.1, -0.05) is 23.7 Å². The largest absolute Gasteiger partial charge is 0.487 e. The molecule has 0 radical (unpaired) electrons. The van der Waals surface area contributed by atoms with Crippen LogP contribution in [-0.2, 0) is 6.61 Å². The molecule has 30 heavy (non-hydrogen) atoms. The van der Waals surface area contributed by atoms with Gasteiger partial charge in [-0.25, -0.2) is 0 Å². The minimum atomic E-state index is -0.357. The molecule has 1 aliphatic heterocycles. The maximum Gasteiger partial charge on any atom is 0.244 e. The summed E-state index contributed by atoms with van der Waals surface area (Å²) in [6.45, 7) is 2.33. The van der Waals surface area contributed by atoms with Crippen LogP contribution in [-0.4, -0.2) is 10.2 Å².